The van der Waals surface area contributed by atoms with E-state index in [9.17, 15) is 5.11 Å². The van der Waals surface area contributed by atoms with Gasteiger partial charge in [-0.05, 0) is 33.2 Å². The molecule has 1 heterocycles. The van der Waals surface area contributed by atoms with Gasteiger partial charge in [-0.3, -0.25) is 0 Å². The minimum absolute atomic E-state index is 0.110. The van der Waals surface area contributed by atoms with E-state index in [-0.39, 0.29) is 11.6 Å². The number of nitroso groups, excluding NO2 is 1. The van der Waals surface area contributed by atoms with Gasteiger partial charge in [0, 0.05) is 12.1 Å². The number of hydrogen-bond acceptors (Lipinski definition) is 4. The van der Waals surface area contributed by atoms with Gasteiger partial charge in [0.1, 0.15) is 0 Å². The van der Waals surface area contributed by atoms with E-state index in [0.717, 1.165) is 13.0 Å². The highest BCUT2D eigenvalue weighted by molar-refractivity contribution is 4.92. The van der Waals surface area contributed by atoms with E-state index >= 15 is 0 Å². The summed E-state index contributed by atoms with van der Waals surface area (Å²) in [6.07, 6.45) is 0.808. The first-order valence-electron chi connectivity index (χ1n) is 4.56. The van der Waals surface area contributed by atoms with Crippen LogP contribution in [-0.2, 0) is 0 Å². The first-order chi connectivity index (χ1) is 5.96. The van der Waals surface area contributed by atoms with Crippen molar-refractivity contribution in [1.29, 1.82) is 5.59 Å². The number of piperidine rings is 1. The molecule has 1 saturated heterocycles. The summed E-state index contributed by atoms with van der Waals surface area (Å²) in [4.78, 5) is 9.82. The highest BCUT2D eigenvalue weighted by atomic mass is 16.3. The predicted molar refractivity (Wildman–Crippen MR) is 52.6 cm³/mol. The van der Waals surface area contributed by atoms with Crippen molar-refractivity contribution in [1.82, 2.24) is 4.90 Å². The van der Waals surface area contributed by atoms with Crippen molar-refractivity contribution in [2.24, 2.45) is 5.92 Å². The first-order valence-corrected chi connectivity index (χ1v) is 4.56. The summed E-state index contributed by atoms with van der Waals surface area (Å²) in [7, 11) is 2.13. The molecule has 0 radical (unpaired) electrons. The fraction of sp³-hybridized carbons (Fsp3) is 1.00. The Morgan fingerprint density at radius 3 is 2.31 bits per heavy atom. The van der Waals surface area contributed by atoms with E-state index in [0.29, 0.717) is 5.92 Å². The van der Waals surface area contributed by atoms with Crippen molar-refractivity contribution in [3.8, 4) is 0 Å². The molecule has 0 bridgehead atoms. The van der Waals surface area contributed by atoms with Crippen LogP contribution in [-0.4, -0.2) is 35.2 Å². The first kappa shape index (κ1) is 12.5. The number of hydrogen-bond donors (Lipinski definition) is 2. The summed E-state index contributed by atoms with van der Waals surface area (Å²) in [6.45, 7) is 7.53. The number of aliphatic hydroxyl groups excluding tert-OH is 1. The largest absolute Gasteiger partial charge is 0.393 e. The van der Waals surface area contributed by atoms with Crippen molar-refractivity contribution >= 4 is 0 Å². The Morgan fingerprint density at radius 2 is 1.92 bits per heavy atom. The third-order valence-corrected chi connectivity index (χ3v) is 3.44. The predicted octanol–water partition coefficient (Wildman–Crippen LogP) is 1.43. The molecular weight excluding hydrogens is 168 g/mol. The van der Waals surface area contributed by atoms with Crippen molar-refractivity contribution in [2.75, 3.05) is 13.6 Å². The second kappa shape index (κ2) is 4.67. The van der Waals surface area contributed by atoms with Crippen LogP contribution in [0, 0.1) is 16.4 Å². The lowest BCUT2D eigenvalue weighted by Crippen LogP contribution is -2.55. The normalized spacial score (nSPS) is 33.3. The Kier molecular flexibility index (Phi) is 4.50. The molecule has 0 aromatic heterocycles. The van der Waals surface area contributed by atoms with Crippen LogP contribution in [0.3, 0.4) is 0 Å². The number of aliphatic hydroxyl groups is 1. The summed E-state index contributed by atoms with van der Waals surface area (Å²) in [6, 6.07) is 0. The van der Waals surface area contributed by atoms with Crippen LogP contribution in [0.4, 0.5) is 0 Å². The van der Waals surface area contributed by atoms with E-state index < -0.39 is 0 Å². The fourth-order valence-electron chi connectivity index (χ4n) is 1.68. The molecule has 0 spiro atoms. The second-order valence-corrected chi connectivity index (χ2v) is 4.22. The van der Waals surface area contributed by atoms with Gasteiger partial charge in [-0.2, -0.15) is 4.91 Å². The van der Waals surface area contributed by atoms with Crippen LogP contribution >= 0.6 is 0 Å². The topological polar surface area (TPSA) is 64.4 Å². The fourth-order valence-corrected chi connectivity index (χ4v) is 1.68. The molecule has 2 atom stereocenters. The third-order valence-electron chi connectivity index (χ3n) is 3.44. The maximum atomic E-state index is 9.60. The number of nitrogens with one attached hydrogen (secondary N) is 1. The van der Waals surface area contributed by atoms with Crippen LogP contribution in [0.5, 0.6) is 0 Å². The SMILES string of the molecule is CC1C(O)CCN(C)C1(C)C.N=O. The van der Waals surface area contributed by atoms with Gasteiger partial charge < -0.3 is 10.0 Å². The third kappa shape index (κ3) is 2.48. The standard InChI is InChI=1S/C9H19NO.HNO/c1-7-8(11)5-6-10(4)9(7,2)3;1-2/h7-8,11H,5-6H2,1-4H3;1H. The van der Waals surface area contributed by atoms with E-state index in [1.807, 2.05) is 0 Å². The summed E-state index contributed by atoms with van der Waals surface area (Å²) in [5, 5.41) is 9.60. The van der Waals surface area contributed by atoms with Crippen molar-refractivity contribution in [3.63, 3.8) is 0 Å². The zero-order valence-corrected chi connectivity index (χ0v) is 8.87. The maximum Gasteiger partial charge on any atom is 0.0595 e. The van der Waals surface area contributed by atoms with Gasteiger partial charge in [0.25, 0.3) is 0 Å². The number of rotatable bonds is 0. The molecular formula is C9H20N2O2. The van der Waals surface area contributed by atoms with Crippen LogP contribution in [0.2, 0.25) is 0 Å². The Hall–Kier alpha value is -0.480. The lowest BCUT2D eigenvalue weighted by Gasteiger charge is -2.47. The van der Waals surface area contributed by atoms with Gasteiger partial charge in [-0.1, -0.05) is 12.5 Å². The van der Waals surface area contributed by atoms with Gasteiger partial charge in [0.2, 0.25) is 0 Å². The molecule has 0 amide bonds. The molecule has 4 nitrogen and oxygen atoms in total. The molecule has 78 valence electrons. The highest BCUT2D eigenvalue weighted by Gasteiger charge is 2.38. The zero-order chi connectivity index (χ0) is 10.6. The Bertz CT molecular complexity index is 162. The van der Waals surface area contributed by atoms with Gasteiger partial charge >= 0.3 is 0 Å². The van der Waals surface area contributed by atoms with E-state index in [4.69, 9.17) is 4.91 Å². The zero-order valence-electron chi connectivity index (χ0n) is 8.87. The van der Waals surface area contributed by atoms with Crippen molar-refractivity contribution < 1.29 is 5.11 Å². The van der Waals surface area contributed by atoms with Crippen LogP contribution < -0.4 is 0 Å². The molecule has 1 aliphatic rings. The summed E-state index contributed by atoms with van der Waals surface area (Å²) in [5.41, 5.74) is 4.65. The Labute approximate surface area is 79.7 Å². The minimum Gasteiger partial charge on any atom is -0.393 e. The van der Waals surface area contributed by atoms with Gasteiger partial charge in [-0.15, -0.1) is 0 Å². The average Bonchev–Trinajstić information content (AvgIpc) is 2.13. The molecule has 1 rings (SSSR count). The second-order valence-electron chi connectivity index (χ2n) is 4.22. The summed E-state index contributed by atoms with van der Waals surface area (Å²) >= 11 is 0. The monoisotopic (exact) mass is 188 g/mol. The molecule has 0 aromatic rings. The molecule has 4 heteroatoms. The molecule has 0 aliphatic carbocycles. The lowest BCUT2D eigenvalue weighted by molar-refractivity contribution is -0.0402. The van der Waals surface area contributed by atoms with E-state index in [1.165, 1.54) is 0 Å². The average molecular weight is 188 g/mol. The maximum absolute atomic E-state index is 9.60. The molecule has 13 heavy (non-hydrogen) atoms. The molecule has 1 aliphatic heterocycles. The number of nitrogens with zero attached hydrogens (tertiary/aromatic N) is 1. The van der Waals surface area contributed by atoms with Crippen LogP contribution in [0.25, 0.3) is 0 Å². The molecule has 2 N–H and O–H groups in total. The van der Waals surface area contributed by atoms with E-state index in [1.54, 1.807) is 0 Å². The van der Waals surface area contributed by atoms with Gasteiger partial charge in [-0.25, -0.2) is 0 Å². The highest BCUT2D eigenvalue weighted by Crippen LogP contribution is 2.31. The molecule has 0 aromatic carbocycles. The Morgan fingerprint density at radius 1 is 1.46 bits per heavy atom. The molecule has 1 fully saturated rings. The van der Waals surface area contributed by atoms with Crippen LogP contribution in [0.1, 0.15) is 27.2 Å². The Balaban J connectivity index is 0.000000671. The van der Waals surface area contributed by atoms with Crippen molar-refractivity contribution in [2.45, 2.75) is 38.8 Å². The van der Waals surface area contributed by atoms with Gasteiger partial charge in [0.15, 0.2) is 0 Å². The smallest absolute Gasteiger partial charge is 0.0595 e. The van der Waals surface area contributed by atoms with Gasteiger partial charge in [0.05, 0.1) is 6.10 Å². The summed E-state index contributed by atoms with van der Waals surface area (Å²) < 4.78 is 0. The molecule has 0 saturated carbocycles. The quantitative estimate of drug-likeness (QED) is 0.565. The van der Waals surface area contributed by atoms with Crippen molar-refractivity contribution in [3.05, 3.63) is 4.91 Å². The summed E-state index contributed by atoms with van der Waals surface area (Å²) in [5.74, 6) is 0.376. The minimum atomic E-state index is -0.110. The van der Waals surface area contributed by atoms with E-state index in [2.05, 4.69) is 38.3 Å². The van der Waals surface area contributed by atoms with Crippen LogP contribution in [0.15, 0.2) is 0 Å². The molecule has 2 unspecified atom stereocenters. The number of likely N-dealkylation sites (tertiary alicyclic amines) is 1. The lowest BCUT2D eigenvalue weighted by atomic mass is 9.79.